The van der Waals surface area contributed by atoms with E-state index in [0.29, 0.717) is 11.4 Å². The highest BCUT2D eigenvalue weighted by molar-refractivity contribution is 5.23. The molecule has 2 rings (SSSR count). The number of hydrogen-bond donors (Lipinski definition) is 1. The van der Waals surface area contributed by atoms with Crippen molar-refractivity contribution < 1.29 is 9.13 Å². The lowest BCUT2D eigenvalue weighted by atomic mass is 10.1. The first-order chi connectivity index (χ1) is 8.66. The highest BCUT2D eigenvalue weighted by Gasteiger charge is 2.05. The van der Waals surface area contributed by atoms with Gasteiger partial charge in [-0.25, -0.2) is 9.37 Å². The van der Waals surface area contributed by atoms with Crippen LogP contribution in [0.1, 0.15) is 24.1 Å². The monoisotopic (exact) mass is 246 g/mol. The molecular weight excluding hydrogens is 231 g/mol. The molecule has 0 aliphatic heterocycles. The predicted molar refractivity (Wildman–Crippen MR) is 67.6 cm³/mol. The Labute approximate surface area is 105 Å². The van der Waals surface area contributed by atoms with Gasteiger partial charge in [-0.2, -0.15) is 0 Å². The summed E-state index contributed by atoms with van der Waals surface area (Å²) < 4.78 is 18.8. The fourth-order valence-electron chi connectivity index (χ4n) is 1.55. The van der Waals surface area contributed by atoms with Gasteiger partial charge < -0.3 is 10.5 Å². The van der Waals surface area contributed by atoms with Crippen LogP contribution in [0.15, 0.2) is 42.6 Å². The van der Waals surface area contributed by atoms with Crippen molar-refractivity contribution in [2.24, 2.45) is 5.73 Å². The number of rotatable bonds is 4. The minimum absolute atomic E-state index is 0.0798. The molecule has 1 aromatic heterocycles. The number of halogens is 1. The summed E-state index contributed by atoms with van der Waals surface area (Å²) in [6, 6.07) is 10.0. The van der Waals surface area contributed by atoms with Crippen molar-refractivity contribution in [3.05, 3.63) is 59.5 Å². The highest BCUT2D eigenvalue weighted by atomic mass is 19.1. The second-order valence-electron chi connectivity index (χ2n) is 4.10. The van der Waals surface area contributed by atoms with E-state index in [9.17, 15) is 4.39 Å². The molecule has 0 bridgehead atoms. The largest absolute Gasteiger partial charge is 0.473 e. The summed E-state index contributed by atoms with van der Waals surface area (Å²) in [4.78, 5) is 4.07. The van der Waals surface area contributed by atoms with E-state index in [1.54, 1.807) is 30.5 Å². The van der Waals surface area contributed by atoms with Crippen molar-refractivity contribution in [3.63, 3.8) is 0 Å². The summed E-state index contributed by atoms with van der Waals surface area (Å²) in [6.07, 6.45) is 1.63. The number of nitrogens with two attached hydrogens (primary N) is 1. The van der Waals surface area contributed by atoms with Gasteiger partial charge in [-0.3, -0.25) is 0 Å². The molecule has 4 heteroatoms. The molecule has 1 heterocycles. The molecule has 0 aliphatic rings. The lowest BCUT2D eigenvalue weighted by molar-refractivity contribution is 0.287. The Balaban J connectivity index is 2.07. The van der Waals surface area contributed by atoms with Gasteiger partial charge in [-0.1, -0.05) is 18.2 Å². The van der Waals surface area contributed by atoms with Crippen LogP contribution in [0.25, 0.3) is 0 Å². The van der Waals surface area contributed by atoms with Crippen molar-refractivity contribution in [1.82, 2.24) is 4.98 Å². The molecule has 0 fully saturated rings. The predicted octanol–water partition coefficient (Wildman–Crippen LogP) is 2.82. The third-order valence-corrected chi connectivity index (χ3v) is 2.62. The number of benzene rings is 1. The fourth-order valence-corrected chi connectivity index (χ4v) is 1.55. The number of hydrogen-bond acceptors (Lipinski definition) is 3. The molecule has 0 aliphatic carbocycles. The maximum atomic E-state index is 13.4. The van der Waals surface area contributed by atoms with Gasteiger partial charge in [0.05, 0.1) is 0 Å². The van der Waals surface area contributed by atoms with E-state index in [4.69, 9.17) is 10.5 Å². The molecule has 0 unspecified atom stereocenters. The summed E-state index contributed by atoms with van der Waals surface area (Å²) in [5.41, 5.74) is 7.21. The van der Waals surface area contributed by atoms with Crippen LogP contribution < -0.4 is 10.5 Å². The topological polar surface area (TPSA) is 48.1 Å². The maximum absolute atomic E-state index is 13.4. The zero-order valence-electron chi connectivity index (χ0n) is 10.1. The van der Waals surface area contributed by atoms with Crippen molar-refractivity contribution in [3.8, 4) is 5.88 Å². The molecule has 1 aromatic carbocycles. The number of pyridine rings is 1. The molecule has 3 nitrogen and oxygen atoms in total. The number of aromatic nitrogens is 1. The molecule has 18 heavy (non-hydrogen) atoms. The third-order valence-electron chi connectivity index (χ3n) is 2.62. The van der Waals surface area contributed by atoms with Gasteiger partial charge in [-0.15, -0.1) is 0 Å². The van der Waals surface area contributed by atoms with Crippen LogP contribution in [0.3, 0.4) is 0 Å². The Morgan fingerprint density at radius 3 is 2.83 bits per heavy atom. The lowest BCUT2D eigenvalue weighted by Gasteiger charge is -2.09. The first kappa shape index (κ1) is 12.5. The summed E-state index contributed by atoms with van der Waals surface area (Å²) in [7, 11) is 0. The summed E-state index contributed by atoms with van der Waals surface area (Å²) in [5, 5.41) is 0. The second-order valence-corrected chi connectivity index (χ2v) is 4.10. The normalized spacial score (nSPS) is 12.2. The van der Waals surface area contributed by atoms with Gasteiger partial charge in [-0.05, 0) is 24.6 Å². The zero-order valence-corrected chi connectivity index (χ0v) is 10.1. The molecule has 0 spiro atoms. The number of nitrogens with zero attached hydrogens (tertiary/aromatic N) is 1. The van der Waals surface area contributed by atoms with E-state index in [2.05, 4.69) is 4.98 Å². The summed E-state index contributed by atoms with van der Waals surface area (Å²) in [5.74, 6) is 0.175. The van der Waals surface area contributed by atoms with E-state index in [0.717, 1.165) is 5.56 Å². The van der Waals surface area contributed by atoms with Crippen LogP contribution in [0.4, 0.5) is 4.39 Å². The average molecular weight is 246 g/mol. The van der Waals surface area contributed by atoms with Crippen LogP contribution >= 0.6 is 0 Å². The van der Waals surface area contributed by atoms with Crippen molar-refractivity contribution in [1.29, 1.82) is 0 Å². The van der Waals surface area contributed by atoms with E-state index in [1.165, 1.54) is 6.07 Å². The summed E-state index contributed by atoms with van der Waals surface area (Å²) in [6.45, 7) is 2.04. The van der Waals surface area contributed by atoms with E-state index >= 15 is 0 Å². The lowest BCUT2D eigenvalue weighted by Crippen LogP contribution is -2.06. The first-order valence-electron chi connectivity index (χ1n) is 5.74. The molecule has 94 valence electrons. The summed E-state index contributed by atoms with van der Waals surface area (Å²) >= 11 is 0. The standard InChI is InChI=1S/C14H15FN2O/c1-10(16)11-6-7-17-14(8-11)18-9-12-4-2-3-5-13(12)15/h2-8,10H,9,16H2,1H3/t10-/m0/s1. The van der Waals surface area contributed by atoms with Gasteiger partial charge in [0.2, 0.25) is 5.88 Å². The first-order valence-corrected chi connectivity index (χ1v) is 5.74. The third kappa shape index (κ3) is 3.05. The van der Waals surface area contributed by atoms with E-state index < -0.39 is 0 Å². The molecule has 1 atom stereocenters. The Morgan fingerprint density at radius 1 is 1.33 bits per heavy atom. The van der Waals surface area contributed by atoms with Crippen molar-refractivity contribution in [2.75, 3.05) is 0 Å². The van der Waals surface area contributed by atoms with Crippen LogP contribution in [0, 0.1) is 5.82 Å². The Bertz CT molecular complexity index is 529. The fraction of sp³-hybridized carbons (Fsp3) is 0.214. The molecule has 0 amide bonds. The van der Waals surface area contributed by atoms with Crippen molar-refractivity contribution >= 4 is 0 Å². The molecule has 0 radical (unpaired) electrons. The van der Waals surface area contributed by atoms with Gasteiger partial charge in [0.25, 0.3) is 0 Å². The SMILES string of the molecule is C[C@H](N)c1ccnc(OCc2ccccc2F)c1. The van der Waals surface area contributed by atoms with Gasteiger partial charge in [0.15, 0.2) is 0 Å². The highest BCUT2D eigenvalue weighted by Crippen LogP contribution is 2.16. The molecular formula is C14H15FN2O. The van der Waals surface area contributed by atoms with Gasteiger partial charge in [0.1, 0.15) is 12.4 Å². The van der Waals surface area contributed by atoms with Crippen LogP contribution in [0.2, 0.25) is 0 Å². The maximum Gasteiger partial charge on any atom is 0.213 e. The van der Waals surface area contributed by atoms with Crippen LogP contribution in [-0.4, -0.2) is 4.98 Å². The zero-order chi connectivity index (χ0) is 13.0. The second kappa shape index (κ2) is 5.60. The molecule has 0 saturated carbocycles. The Hall–Kier alpha value is -1.94. The van der Waals surface area contributed by atoms with E-state index in [-0.39, 0.29) is 18.5 Å². The Kier molecular flexibility index (Phi) is 3.89. The molecule has 2 N–H and O–H groups in total. The molecule has 0 saturated heterocycles. The van der Waals surface area contributed by atoms with Crippen LogP contribution in [0.5, 0.6) is 5.88 Å². The van der Waals surface area contributed by atoms with Gasteiger partial charge in [0, 0.05) is 23.9 Å². The Morgan fingerprint density at radius 2 is 2.11 bits per heavy atom. The number of ether oxygens (including phenoxy) is 1. The quantitative estimate of drug-likeness (QED) is 0.902. The molecule has 2 aromatic rings. The van der Waals surface area contributed by atoms with Gasteiger partial charge >= 0.3 is 0 Å². The minimum Gasteiger partial charge on any atom is -0.473 e. The average Bonchev–Trinajstić information content (AvgIpc) is 2.38. The smallest absolute Gasteiger partial charge is 0.213 e. The minimum atomic E-state index is -0.277. The van der Waals surface area contributed by atoms with Crippen molar-refractivity contribution in [2.45, 2.75) is 19.6 Å². The van der Waals surface area contributed by atoms with E-state index in [1.807, 2.05) is 13.0 Å². The van der Waals surface area contributed by atoms with Crippen LogP contribution in [-0.2, 0) is 6.61 Å².